The number of hydrogen-bond donors (Lipinski definition) is 1. The number of hydrazone groups is 1. The minimum absolute atomic E-state index is 0.146. The van der Waals surface area contributed by atoms with Crippen LogP contribution < -0.4 is 15.3 Å². The summed E-state index contributed by atoms with van der Waals surface area (Å²) < 4.78 is 9.96. The zero-order chi connectivity index (χ0) is 12.1. The highest BCUT2D eigenvalue weighted by Gasteiger charge is 2.18. The van der Waals surface area contributed by atoms with Gasteiger partial charge < -0.3 is 15.3 Å². The molecule has 16 heavy (non-hydrogen) atoms. The van der Waals surface area contributed by atoms with Gasteiger partial charge in [0.25, 0.3) is 5.69 Å². The van der Waals surface area contributed by atoms with Crippen LogP contribution in [-0.2, 0) is 0 Å². The first-order valence-electron chi connectivity index (χ1n) is 4.27. The topological polar surface area (TPSA) is 100.0 Å². The van der Waals surface area contributed by atoms with E-state index in [0.717, 1.165) is 0 Å². The Labute approximate surface area is 91.6 Å². The summed E-state index contributed by atoms with van der Waals surface area (Å²) in [5, 5.41) is 14.0. The van der Waals surface area contributed by atoms with Crippen molar-refractivity contribution in [2.75, 3.05) is 14.2 Å². The summed E-state index contributed by atoms with van der Waals surface area (Å²) >= 11 is 0. The molecule has 2 N–H and O–H groups in total. The normalized spacial score (nSPS) is 10.4. The van der Waals surface area contributed by atoms with E-state index in [1.165, 1.54) is 32.6 Å². The molecule has 0 heterocycles. The van der Waals surface area contributed by atoms with E-state index in [-0.39, 0.29) is 17.0 Å². The van der Waals surface area contributed by atoms with E-state index in [1.54, 1.807) is 0 Å². The van der Waals surface area contributed by atoms with Gasteiger partial charge in [-0.3, -0.25) is 10.1 Å². The van der Waals surface area contributed by atoms with Crippen molar-refractivity contribution in [1.29, 1.82) is 0 Å². The van der Waals surface area contributed by atoms with Gasteiger partial charge in [-0.05, 0) is 6.07 Å². The Morgan fingerprint density at radius 2 is 1.94 bits per heavy atom. The maximum atomic E-state index is 10.8. The van der Waals surface area contributed by atoms with Crippen LogP contribution in [0, 0.1) is 10.1 Å². The lowest BCUT2D eigenvalue weighted by Gasteiger charge is -2.08. The zero-order valence-corrected chi connectivity index (χ0v) is 8.84. The molecule has 0 aliphatic heterocycles. The number of rotatable bonds is 4. The van der Waals surface area contributed by atoms with Crippen molar-refractivity contribution in [2.45, 2.75) is 0 Å². The molecule has 0 atom stereocenters. The third-order valence-electron chi connectivity index (χ3n) is 1.94. The predicted octanol–water partition coefficient (Wildman–Crippen LogP) is 0.905. The third-order valence-corrected chi connectivity index (χ3v) is 1.94. The van der Waals surface area contributed by atoms with E-state index in [2.05, 4.69) is 5.10 Å². The Kier molecular flexibility index (Phi) is 3.65. The molecule has 0 saturated carbocycles. The molecule has 0 aromatic heterocycles. The molecule has 0 radical (unpaired) electrons. The summed E-state index contributed by atoms with van der Waals surface area (Å²) in [7, 11) is 2.84. The lowest BCUT2D eigenvalue weighted by Crippen LogP contribution is -1.99. The number of hydrogen-bond acceptors (Lipinski definition) is 6. The number of nitrogens with two attached hydrogens (primary N) is 1. The molecule has 86 valence electrons. The van der Waals surface area contributed by atoms with Crippen LogP contribution in [0.4, 0.5) is 5.69 Å². The molecule has 0 aliphatic carbocycles. The first-order valence-corrected chi connectivity index (χ1v) is 4.27. The summed E-state index contributed by atoms with van der Waals surface area (Å²) in [5.74, 6) is 5.63. The van der Waals surface area contributed by atoms with E-state index in [1.807, 2.05) is 0 Å². The van der Waals surface area contributed by atoms with Gasteiger partial charge in [0.1, 0.15) is 0 Å². The largest absolute Gasteiger partial charge is 0.493 e. The van der Waals surface area contributed by atoms with Crippen molar-refractivity contribution in [3.8, 4) is 11.5 Å². The van der Waals surface area contributed by atoms with Crippen molar-refractivity contribution in [1.82, 2.24) is 0 Å². The second-order valence-corrected chi connectivity index (χ2v) is 2.80. The number of ether oxygens (including phenoxy) is 2. The SMILES string of the molecule is COc1cc(C=NN)c([N+](=O)[O-])cc1OC. The predicted molar refractivity (Wildman–Crippen MR) is 58.0 cm³/mol. The number of nitrogens with zero attached hydrogens (tertiary/aromatic N) is 2. The lowest BCUT2D eigenvalue weighted by molar-refractivity contribution is -0.385. The van der Waals surface area contributed by atoms with E-state index < -0.39 is 4.92 Å². The molecular weight excluding hydrogens is 214 g/mol. The van der Waals surface area contributed by atoms with Gasteiger partial charge in [0.2, 0.25) is 0 Å². The molecule has 0 saturated heterocycles. The van der Waals surface area contributed by atoms with Gasteiger partial charge in [0.05, 0.1) is 37.0 Å². The van der Waals surface area contributed by atoms with Crippen LogP contribution >= 0.6 is 0 Å². The van der Waals surface area contributed by atoms with Gasteiger partial charge in [-0.1, -0.05) is 0 Å². The average Bonchev–Trinajstić information content (AvgIpc) is 2.28. The van der Waals surface area contributed by atoms with Gasteiger partial charge in [-0.2, -0.15) is 5.10 Å². The van der Waals surface area contributed by atoms with Crippen LogP contribution in [0.5, 0.6) is 11.5 Å². The third kappa shape index (κ3) is 2.19. The van der Waals surface area contributed by atoms with Gasteiger partial charge >= 0.3 is 0 Å². The second-order valence-electron chi connectivity index (χ2n) is 2.80. The number of nitro groups is 1. The maximum absolute atomic E-state index is 10.8. The van der Waals surface area contributed by atoms with Crippen LogP contribution in [0.3, 0.4) is 0 Å². The zero-order valence-electron chi connectivity index (χ0n) is 8.84. The van der Waals surface area contributed by atoms with E-state index in [4.69, 9.17) is 15.3 Å². The quantitative estimate of drug-likeness (QED) is 0.355. The molecule has 0 amide bonds. The van der Waals surface area contributed by atoms with Gasteiger partial charge in [0.15, 0.2) is 11.5 Å². The van der Waals surface area contributed by atoms with Crippen LogP contribution in [0.15, 0.2) is 17.2 Å². The molecule has 7 heteroatoms. The highest BCUT2D eigenvalue weighted by atomic mass is 16.6. The summed E-state index contributed by atoms with van der Waals surface area (Å²) in [5.41, 5.74) is 0.108. The molecule has 7 nitrogen and oxygen atoms in total. The molecule has 0 fully saturated rings. The lowest BCUT2D eigenvalue weighted by atomic mass is 10.1. The smallest absolute Gasteiger partial charge is 0.282 e. The molecule has 0 spiro atoms. The monoisotopic (exact) mass is 225 g/mol. The van der Waals surface area contributed by atoms with E-state index in [0.29, 0.717) is 5.75 Å². The van der Waals surface area contributed by atoms with Crippen molar-refractivity contribution in [2.24, 2.45) is 10.9 Å². The first-order chi connectivity index (χ1) is 7.63. The fraction of sp³-hybridized carbons (Fsp3) is 0.222. The Morgan fingerprint density at radius 3 is 2.38 bits per heavy atom. The van der Waals surface area contributed by atoms with Gasteiger partial charge in [-0.15, -0.1) is 0 Å². The van der Waals surface area contributed by atoms with Crippen LogP contribution in [-0.4, -0.2) is 25.4 Å². The molecule has 0 unspecified atom stereocenters. The highest BCUT2D eigenvalue weighted by molar-refractivity contribution is 5.86. The Balaban J connectivity index is 3.41. The molecule has 0 bridgehead atoms. The summed E-state index contributed by atoms with van der Waals surface area (Å²) in [4.78, 5) is 10.2. The van der Waals surface area contributed by atoms with Crippen molar-refractivity contribution >= 4 is 11.9 Å². The Hall–Kier alpha value is -2.31. The van der Waals surface area contributed by atoms with Crippen LogP contribution in [0.25, 0.3) is 0 Å². The number of benzene rings is 1. The van der Waals surface area contributed by atoms with Crippen molar-refractivity contribution < 1.29 is 14.4 Å². The maximum Gasteiger partial charge on any atom is 0.282 e. The highest BCUT2D eigenvalue weighted by Crippen LogP contribution is 2.33. The second kappa shape index (κ2) is 4.96. The molecule has 1 aromatic carbocycles. The molecule has 1 aromatic rings. The summed E-state index contributed by atoms with van der Waals surface area (Å²) in [6.07, 6.45) is 1.18. The van der Waals surface area contributed by atoms with Gasteiger partial charge in [0, 0.05) is 0 Å². The fourth-order valence-electron chi connectivity index (χ4n) is 1.23. The first kappa shape index (κ1) is 11.8. The summed E-state index contributed by atoms with van der Waals surface area (Å²) in [6, 6.07) is 2.70. The van der Waals surface area contributed by atoms with E-state index >= 15 is 0 Å². The summed E-state index contributed by atoms with van der Waals surface area (Å²) in [6.45, 7) is 0. The van der Waals surface area contributed by atoms with E-state index in [9.17, 15) is 10.1 Å². The Morgan fingerprint density at radius 1 is 1.38 bits per heavy atom. The number of nitro benzene ring substituents is 1. The van der Waals surface area contributed by atoms with Crippen LogP contribution in [0.2, 0.25) is 0 Å². The standard InChI is InChI=1S/C9H11N3O4/c1-15-8-3-6(5-11-10)7(12(13)14)4-9(8)16-2/h3-5H,10H2,1-2H3. The Bertz CT molecular complexity index is 431. The molecule has 1 rings (SSSR count). The molecule has 0 aliphatic rings. The van der Waals surface area contributed by atoms with Gasteiger partial charge in [-0.25, -0.2) is 0 Å². The van der Waals surface area contributed by atoms with Crippen molar-refractivity contribution in [3.05, 3.63) is 27.8 Å². The number of methoxy groups -OCH3 is 2. The molecular formula is C9H11N3O4. The fourth-order valence-corrected chi connectivity index (χ4v) is 1.23. The minimum Gasteiger partial charge on any atom is -0.493 e. The van der Waals surface area contributed by atoms with Crippen LogP contribution in [0.1, 0.15) is 5.56 Å². The van der Waals surface area contributed by atoms with Crippen molar-refractivity contribution in [3.63, 3.8) is 0 Å². The average molecular weight is 225 g/mol. The minimum atomic E-state index is -0.543.